The van der Waals surface area contributed by atoms with E-state index in [1.165, 1.54) is 40.0 Å². The van der Waals surface area contributed by atoms with E-state index in [4.69, 9.17) is 0 Å². The van der Waals surface area contributed by atoms with Crippen LogP contribution in [0, 0.1) is 0 Å². The zero-order chi connectivity index (χ0) is 24.8. The van der Waals surface area contributed by atoms with E-state index in [0.717, 1.165) is 19.6 Å². The Morgan fingerprint density at radius 2 is 1.11 bits per heavy atom. The molecule has 0 bridgehead atoms. The van der Waals surface area contributed by atoms with E-state index in [2.05, 4.69) is 151 Å². The van der Waals surface area contributed by atoms with Gasteiger partial charge in [-0.05, 0) is 61.3 Å². The monoisotopic (exact) mass is 492 g/mol. The molecule has 1 fully saturated rings. The van der Waals surface area contributed by atoms with Gasteiger partial charge in [0.25, 0.3) is 0 Å². The van der Waals surface area contributed by atoms with E-state index in [1.807, 2.05) is 0 Å². The van der Waals surface area contributed by atoms with Crippen LogP contribution in [-0.2, 0) is 12.1 Å². The van der Waals surface area contributed by atoms with Gasteiger partial charge in [-0.3, -0.25) is 4.90 Å². The van der Waals surface area contributed by atoms with E-state index < -0.39 is 0 Å². The van der Waals surface area contributed by atoms with Crippen LogP contribution in [0.15, 0.2) is 120 Å². The van der Waals surface area contributed by atoms with Crippen molar-refractivity contribution >= 4 is 11.8 Å². The smallest absolute Gasteiger partial charge is 0.0972 e. The Hall–Kier alpha value is -2.85. The van der Waals surface area contributed by atoms with Gasteiger partial charge in [-0.25, -0.2) is 0 Å². The standard InChI is InChI=1S/C33H36N2S/c1-34(2)26-27-18-20-31(21-19-27)36-32-22-24-35(25-23-32)33(28-12-6-3-7-13-28,29-14-8-4-9-15-29)30-16-10-5-11-17-30/h3-21,32H,22-26H2,1-2H3. The molecule has 4 aromatic carbocycles. The maximum atomic E-state index is 2.73. The molecule has 1 saturated heterocycles. The predicted octanol–water partition coefficient (Wildman–Crippen LogP) is 7.30. The number of thioether (sulfide) groups is 1. The molecule has 0 aromatic heterocycles. The van der Waals surface area contributed by atoms with Crippen LogP contribution in [0.2, 0.25) is 0 Å². The summed E-state index contributed by atoms with van der Waals surface area (Å²) in [7, 11) is 4.24. The van der Waals surface area contributed by atoms with Gasteiger partial charge >= 0.3 is 0 Å². The molecule has 4 aromatic rings. The Bertz CT molecular complexity index is 1100. The fraction of sp³-hybridized carbons (Fsp3) is 0.273. The lowest BCUT2D eigenvalue weighted by Gasteiger charge is -2.48. The molecule has 5 rings (SSSR count). The summed E-state index contributed by atoms with van der Waals surface area (Å²) in [5.41, 5.74) is 5.09. The maximum Gasteiger partial charge on any atom is 0.0972 e. The maximum absolute atomic E-state index is 2.73. The van der Waals surface area contributed by atoms with Gasteiger partial charge < -0.3 is 4.90 Å². The summed E-state index contributed by atoms with van der Waals surface area (Å²) >= 11 is 2.05. The van der Waals surface area contributed by atoms with Gasteiger partial charge in [-0.1, -0.05) is 103 Å². The van der Waals surface area contributed by atoms with Crippen LogP contribution in [0.4, 0.5) is 0 Å². The van der Waals surface area contributed by atoms with Crippen molar-refractivity contribution in [3.8, 4) is 0 Å². The van der Waals surface area contributed by atoms with Crippen molar-refractivity contribution in [1.29, 1.82) is 0 Å². The molecule has 1 heterocycles. The van der Waals surface area contributed by atoms with E-state index in [9.17, 15) is 0 Å². The normalized spacial score (nSPS) is 15.3. The summed E-state index contributed by atoms with van der Waals surface area (Å²) in [6.45, 7) is 3.12. The fourth-order valence-electron chi connectivity index (χ4n) is 5.63. The number of hydrogen-bond acceptors (Lipinski definition) is 3. The van der Waals surface area contributed by atoms with Gasteiger partial charge in [0.15, 0.2) is 0 Å². The molecule has 0 N–H and O–H groups in total. The molecule has 0 saturated carbocycles. The van der Waals surface area contributed by atoms with Crippen LogP contribution >= 0.6 is 11.8 Å². The van der Waals surface area contributed by atoms with Crippen LogP contribution in [0.1, 0.15) is 35.1 Å². The molecule has 0 spiro atoms. The second-order valence-corrected chi connectivity index (χ2v) is 11.4. The van der Waals surface area contributed by atoms with Crippen molar-refractivity contribution in [3.05, 3.63) is 138 Å². The van der Waals surface area contributed by atoms with E-state index in [1.54, 1.807) is 0 Å². The predicted molar refractivity (Wildman–Crippen MR) is 153 cm³/mol. The van der Waals surface area contributed by atoms with Gasteiger partial charge in [0.2, 0.25) is 0 Å². The molecule has 2 nitrogen and oxygen atoms in total. The molecule has 36 heavy (non-hydrogen) atoms. The summed E-state index contributed by atoms with van der Waals surface area (Å²) in [4.78, 5) is 6.33. The molecule has 0 unspecified atom stereocenters. The van der Waals surface area contributed by atoms with E-state index in [0.29, 0.717) is 5.25 Å². The molecule has 3 heteroatoms. The second kappa shape index (κ2) is 11.5. The zero-order valence-corrected chi connectivity index (χ0v) is 22.2. The van der Waals surface area contributed by atoms with Gasteiger partial charge in [0.1, 0.15) is 0 Å². The highest BCUT2D eigenvalue weighted by Gasteiger charge is 2.43. The highest BCUT2D eigenvalue weighted by atomic mass is 32.2. The summed E-state index contributed by atoms with van der Waals surface area (Å²) in [6, 6.07) is 42.4. The lowest BCUT2D eigenvalue weighted by molar-refractivity contribution is 0.130. The van der Waals surface area contributed by atoms with Crippen LogP contribution in [0.25, 0.3) is 0 Å². The molecule has 184 valence electrons. The van der Waals surface area contributed by atoms with Crippen molar-refractivity contribution in [2.24, 2.45) is 0 Å². The molecular weight excluding hydrogens is 456 g/mol. The Morgan fingerprint density at radius 3 is 1.53 bits per heavy atom. The molecule has 0 radical (unpaired) electrons. The Morgan fingerprint density at radius 1 is 0.667 bits per heavy atom. The number of piperidine rings is 1. The first-order chi connectivity index (χ1) is 17.7. The van der Waals surface area contributed by atoms with Crippen LogP contribution in [0.3, 0.4) is 0 Å². The average Bonchev–Trinajstić information content (AvgIpc) is 2.93. The van der Waals surface area contributed by atoms with E-state index >= 15 is 0 Å². The first-order valence-electron chi connectivity index (χ1n) is 13.0. The highest BCUT2D eigenvalue weighted by molar-refractivity contribution is 8.00. The minimum Gasteiger partial charge on any atom is -0.305 e. The van der Waals surface area contributed by atoms with E-state index in [-0.39, 0.29) is 5.54 Å². The number of hydrogen-bond donors (Lipinski definition) is 0. The van der Waals surface area contributed by atoms with Crippen molar-refractivity contribution < 1.29 is 0 Å². The first kappa shape index (κ1) is 24.8. The minimum absolute atomic E-state index is 0.298. The SMILES string of the molecule is CN(C)Cc1ccc(SC2CCN(C(c3ccccc3)(c3ccccc3)c3ccccc3)CC2)cc1. The van der Waals surface area contributed by atoms with Crippen molar-refractivity contribution in [3.63, 3.8) is 0 Å². The van der Waals surface area contributed by atoms with Gasteiger partial charge in [0, 0.05) is 29.8 Å². The summed E-state index contributed by atoms with van der Waals surface area (Å²) in [5, 5.41) is 0.640. The quantitative estimate of drug-likeness (QED) is 0.238. The third-order valence-corrected chi connectivity index (χ3v) is 8.56. The van der Waals surface area contributed by atoms with Crippen LogP contribution in [0.5, 0.6) is 0 Å². The molecule has 0 aliphatic carbocycles. The van der Waals surface area contributed by atoms with Gasteiger partial charge in [0.05, 0.1) is 5.54 Å². The molecular formula is C33H36N2S. The number of rotatable bonds is 8. The average molecular weight is 493 g/mol. The number of nitrogens with zero attached hydrogens (tertiary/aromatic N) is 2. The topological polar surface area (TPSA) is 6.48 Å². The third-order valence-electron chi connectivity index (χ3n) is 7.22. The largest absolute Gasteiger partial charge is 0.305 e. The summed E-state index contributed by atoms with van der Waals surface area (Å²) in [5.74, 6) is 0. The Balaban J connectivity index is 1.42. The van der Waals surface area contributed by atoms with Gasteiger partial charge in [-0.15, -0.1) is 11.8 Å². The van der Waals surface area contributed by atoms with Crippen molar-refractivity contribution in [1.82, 2.24) is 9.80 Å². The van der Waals surface area contributed by atoms with Gasteiger partial charge in [-0.2, -0.15) is 0 Å². The molecule has 0 atom stereocenters. The molecule has 1 aliphatic rings. The Kier molecular flexibility index (Phi) is 7.91. The minimum atomic E-state index is -0.298. The lowest BCUT2D eigenvalue weighted by Crippen LogP contribution is -2.51. The second-order valence-electron chi connectivity index (χ2n) is 9.99. The fourth-order valence-corrected chi connectivity index (χ4v) is 6.75. The zero-order valence-electron chi connectivity index (χ0n) is 21.4. The van der Waals surface area contributed by atoms with Crippen molar-refractivity contribution in [2.75, 3.05) is 27.2 Å². The highest BCUT2D eigenvalue weighted by Crippen LogP contribution is 2.44. The molecule has 0 amide bonds. The third kappa shape index (κ3) is 5.29. The molecule has 1 aliphatic heterocycles. The van der Waals surface area contributed by atoms with Crippen LogP contribution in [-0.4, -0.2) is 42.2 Å². The summed E-state index contributed by atoms with van der Waals surface area (Å²) < 4.78 is 0. The van der Waals surface area contributed by atoms with Crippen molar-refractivity contribution in [2.45, 2.75) is 35.1 Å². The Labute approximate surface area is 221 Å². The van der Waals surface area contributed by atoms with Crippen LogP contribution < -0.4 is 0 Å². The summed E-state index contributed by atoms with van der Waals surface area (Å²) in [6.07, 6.45) is 2.36. The lowest BCUT2D eigenvalue weighted by atomic mass is 9.75. The number of benzene rings is 4. The number of likely N-dealkylation sites (tertiary alicyclic amines) is 1. The first-order valence-corrected chi connectivity index (χ1v) is 13.9.